The van der Waals surface area contributed by atoms with Gasteiger partial charge in [0.15, 0.2) is 0 Å². The Hall–Kier alpha value is -1.21. The van der Waals surface area contributed by atoms with Crippen LogP contribution in [0.4, 0.5) is 0 Å². The topological polar surface area (TPSA) is 114 Å². The molecule has 9 heteroatoms. The molecule has 0 heterocycles. The van der Waals surface area contributed by atoms with Crippen LogP contribution in [0.2, 0.25) is 0 Å². The molecule has 0 N–H and O–H groups in total. The maximum atomic E-state index is 12.0. The van der Waals surface area contributed by atoms with Gasteiger partial charge in [0.1, 0.15) is 20.2 Å². The minimum atomic E-state index is -4.48. The Kier molecular flexibility index (Phi) is 35.5. The summed E-state index contributed by atoms with van der Waals surface area (Å²) in [5.41, 5.74) is 3.96. The van der Waals surface area contributed by atoms with Crippen molar-refractivity contribution in [3.63, 3.8) is 0 Å². The van der Waals surface area contributed by atoms with E-state index < -0.39 is 20.2 Å². The number of hydrogen-bond donors (Lipinski definition) is 0. The number of aryl methyl sites for hydroxylation is 4. The van der Waals surface area contributed by atoms with Crippen molar-refractivity contribution in [1.82, 2.24) is 0 Å². The first-order chi connectivity index (χ1) is 32.9. The standard InChI is InChI=1S/2C30H48O3S.Ba/c2*1-3-5-7-9-11-13-15-17-19-26-21-22-27-23-24-30(34(31,32)33)28(29(27)25-26)20-18-16-14-12-10-8-6-4-2;/h2*21-25H,3-20H2,1-2H3,(H,31,32,33);/q;;+2/p-2. The molecular formula is C60H94BaO6S2. The Balaban J connectivity index is 0.000000467. The Labute approximate surface area is 463 Å². The van der Waals surface area contributed by atoms with Gasteiger partial charge in [0.2, 0.25) is 0 Å². The van der Waals surface area contributed by atoms with Gasteiger partial charge in [-0.1, -0.05) is 256 Å². The second-order valence-electron chi connectivity index (χ2n) is 20.0. The van der Waals surface area contributed by atoms with Crippen LogP contribution < -0.4 is 0 Å². The number of benzene rings is 4. The van der Waals surface area contributed by atoms with Crippen LogP contribution in [0.3, 0.4) is 0 Å². The van der Waals surface area contributed by atoms with Crippen LogP contribution in [-0.4, -0.2) is 74.8 Å². The molecule has 0 aliphatic carbocycles. The van der Waals surface area contributed by atoms with E-state index in [0.717, 1.165) is 84.0 Å². The molecule has 0 spiro atoms. The van der Waals surface area contributed by atoms with Gasteiger partial charge in [0.25, 0.3) is 0 Å². The van der Waals surface area contributed by atoms with E-state index in [1.807, 2.05) is 0 Å². The third kappa shape index (κ3) is 26.5. The van der Waals surface area contributed by atoms with E-state index in [1.165, 1.54) is 190 Å². The quantitative estimate of drug-likeness (QED) is 0.0251. The summed E-state index contributed by atoms with van der Waals surface area (Å²) < 4.78 is 72.0. The fourth-order valence-electron chi connectivity index (χ4n) is 9.91. The molecule has 0 atom stereocenters. The zero-order valence-electron chi connectivity index (χ0n) is 44.2. The molecule has 0 fully saturated rings. The molecule has 4 rings (SSSR count). The van der Waals surface area contributed by atoms with Crippen molar-refractivity contribution in [3.8, 4) is 0 Å². The van der Waals surface area contributed by atoms with Gasteiger partial charge in [-0.25, -0.2) is 16.8 Å². The number of rotatable bonds is 38. The predicted molar refractivity (Wildman–Crippen MR) is 295 cm³/mol. The fourth-order valence-corrected chi connectivity index (χ4v) is 11.4. The van der Waals surface area contributed by atoms with Gasteiger partial charge < -0.3 is 9.11 Å². The van der Waals surface area contributed by atoms with Crippen molar-refractivity contribution in [2.45, 2.75) is 269 Å². The summed E-state index contributed by atoms with van der Waals surface area (Å²) in [6.07, 6.45) is 43.2. The fraction of sp³-hybridized carbons (Fsp3) is 0.667. The summed E-state index contributed by atoms with van der Waals surface area (Å²) >= 11 is 0. The van der Waals surface area contributed by atoms with Gasteiger partial charge in [-0.2, -0.15) is 0 Å². The van der Waals surface area contributed by atoms with Gasteiger partial charge >= 0.3 is 48.9 Å². The third-order valence-electron chi connectivity index (χ3n) is 14.0. The van der Waals surface area contributed by atoms with Crippen molar-refractivity contribution < 1.29 is 25.9 Å². The average Bonchev–Trinajstić information content (AvgIpc) is 3.31. The van der Waals surface area contributed by atoms with Crippen molar-refractivity contribution in [2.24, 2.45) is 0 Å². The van der Waals surface area contributed by atoms with Gasteiger partial charge in [0, 0.05) is 0 Å². The minimum Gasteiger partial charge on any atom is -0.744 e. The van der Waals surface area contributed by atoms with Crippen molar-refractivity contribution in [1.29, 1.82) is 0 Å². The van der Waals surface area contributed by atoms with Crippen LogP contribution in [0.15, 0.2) is 70.5 Å². The summed E-state index contributed by atoms with van der Waals surface area (Å²) in [7, 11) is -8.96. The number of fused-ring (bicyclic) bond motifs is 2. The molecule has 384 valence electrons. The molecule has 4 aromatic rings. The molecule has 0 saturated carbocycles. The largest absolute Gasteiger partial charge is 2.00 e. The summed E-state index contributed by atoms with van der Waals surface area (Å²) in [5.74, 6) is 0. The van der Waals surface area contributed by atoms with Crippen molar-refractivity contribution in [3.05, 3.63) is 82.9 Å². The number of unbranched alkanes of at least 4 members (excludes halogenated alkanes) is 28. The molecule has 0 aliphatic rings. The summed E-state index contributed by atoms with van der Waals surface area (Å²) in [4.78, 5) is -0.0423. The van der Waals surface area contributed by atoms with Crippen LogP contribution >= 0.6 is 0 Å². The summed E-state index contributed by atoms with van der Waals surface area (Å²) in [5, 5.41) is 3.97. The molecule has 0 aliphatic heterocycles. The van der Waals surface area contributed by atoms with Gasteiger partial charge in [-0.15, -0.1) is 0 Å². The molecule has 4 aromatic carbocycles. The first-order valence-corrected chi connectivity index (χ1v) is 30.8. The van der Waals surface area contributed by atoms with E-state index in [0.29, 0.717) is 12.8 Å². The Morgan fingerprint density at radius 3 is 0.812 bits per heavy atom. The molecule has 0 saturated heterocycles. The maximum Gasteiger partial charge on any atom is 2.00 e. The van der Waals surface area contributed by atoms with Gasteiger partial charge in [-0.05, 0) is 107 Å². The molecule has 0 amide bonds. The van der Waals surface area contributed by atoms with E-state index >= 15 is 0 Å². The smallest absolute Gasteiger partial charge is 0.744 e. The monoisotopic (exact) mass is 1110 g/mol. The second kappa shape index (κ2) is 38.4. The summed E-state index contributed by atoms with van der Waals surface area (Å²) in [6, 6.07) is 19.4. The molecule has 0 aromatic heterocycles. The first-order valence-electron chi connectivity index (χ1n) is 27.9. The molecule has 0 bridgehead atoms. The van der Waals surface area contributed by atoms with E-state index in [4.69, 9.17) is 0 Å². The molecule has 6 nitrogen and oxygen atoms in total. The van der Waals surface area contributed by atoms with Crippen LogP contribution in [0.5, 0.6) is 0 Å². The number of hydrogen-bond acceptors (Lipinski definition) is 6. The SMILES string of the molecule is CCCCCCCCCCc1ccc2ccc(S(=O)(=O)[O-])c(CCCCCCCCCC)c2c1.CCCCCCCCCCc1ccc2ccc(S(=O)(=O)[O-])c(CCCCCCCCCC)c2c1.[Ba+2]. The molecule has 69 heavy (non-hydrogen) atoms. The van der Waals surface area contributed by atoms with Crippen molar-refractivity contribution >= 4 is 90.7 Å². The van der Waals surface area contributed by atoms with Gasteiger partial charge in [0.05, 0.1) is 9.79 Å². The van der Waals surface area contributed by atoms with E-state index in [-0.39, 0.29) is 58.7 Å². The van der Waals surface area contributed by atoms with Gasteiger partial charge in [-0.3, -0.25) is 0 Å². The zero-order valence-corrected chi connectivity index (χ0v) is 50.3. The first kappa shape index (κ1) is 63.9. The molecule has 0 radical (unpaired) electrons. The van der Waals surface area contributed by atoms with E-state index in [1.54, 1.807) is 12.1 Å². The van der Waals surface area contributed by atoms with Crippen LogP contribution in [-0.2, 0) is 45.9 Å². The Morgan fingerprint density at radius 1 is 0.319 bits per heavy atom. The normalized spacial score (nSPS) is 11.8. The minimum absolute atomic E-state index is 0. The van der Waals surface area contributed by atoms with Crippen molar-refractivity contribution in [2.75, 3.05) is 0 Å². The average molecular weight is 1110 g/mol. The maximum absolute atomic E-state index is 12.0. The molecule has 0 unspecified atom stereocenters. The third-order valence-corrected chi connectivity index (χ3v) is 15.9. The van der Waals surface area contributed by atoms with Crippen LogP contribution in [0.1, 0.15) is 255 Å². The predicted octanol–water partition coefficient (Wildman–Crippen LogP) is 17.8. The summed E-state index contributed by atoms with van der Waals surface area (Å²) in [6.45, 7) is 8.96. The van der Waals surface area contributed by atoms with E-state index in [9.17, 15) is 25.9 Å². The van der Waals surface area contributed by atoms with Crippen LogP contribution in [0, 0.1) is 0 Å². The van der Waals surface area contributed by atoms with E-state index in [2.05, 4.69) is 64.1 Å². The second-order valence-corrected chi connectivity index (χ2v) is 22.7. The zero-order chi connectivity index (χ0) is 49.3. The Bertz CT molecular complexity index is 2030. The van der Waals surface area contributed by atoms with Crippen LogP contribution in [0.25, 0.3) is 21.5 Å². The molecular weight excluding hydrogens is 1020 g/mol. The Morgan fingerprint density at radius 2 is 0.551 bits per heavy atom.